The topological polar surface area (TPSA) is 69.6 Å². The average Bonchev–Trinajstić information content (AvgIpc) is 3.22. The van der Waals surface area contributed by atoms with Gasteiger partial charge in [0.2, 0.25) is 0 Å². The second-order valence-electron chi connectivity index (χ2n) is 5.89. The van der Waals surface area contributed by atoms with Crippen LogP contribution < -0.4 is 4.72 Å². The van der Waals surface area contributed by atoms with Crippen LogP contribution in [0.2, 0.25) is 0 Å². The molecule has 6 heteroatoms. The van der Waals surface area contributed by atoms with E-state index < -0.39 is 10.2 Å². The van der Waals surface area contributed by atoms with Gasteiger partial charge in [0.05, 0.1) is 0 Å². The van der Waals surface area contributed by atoms with Gasteiger partial charge in [-0.25, -0.2) is 0 Å². The Morgan fingerprint density at radius 1 is 1.21 bits per heavy atom. The highest BCUT2D eigenvalue weighted by Gasteiger charge is 2.36. The highest BCUT2D eigenvalue weighted by atomic mass is 32.2. The summed E-state index contributed by atoms with van der Waals surface area (Å²) in [4.78, 5) is 0. The summed E-state index contributed by atoms with van der Waals surface area (Å²) in [5.74, 6) is 0.418. The summed E-state index contributed by atoms with van der Waals surface area (Å²) >= 11 is 0. The van der Waals surface area contributed by atoms with Crippen LogP contribution in [-0.2, 0) is 10.2 Å². The molecule has 2 aliphatic carbocycles. The van der Waals surface area contributed by atoms with E-state index in [0.29, 0.717) is 12.3 Å². The molecule has 0 saturated heterocycles. The van der Waals surface area contributed by atoms with Crippen molar-refractivity contribution in [3.05, 3.63) is 0 Å². The number of hydrogen-bond acceptors (Lipinski definition) is 3. The Morgan fingerprint density at radius 3 is 2.37 bits per heavy atom. The monoisotopic (exact) mass is 290 g/mol. The van der Waals surface area contributed by atoms with Crippen molar-refractivity contribution in [3.63, 3.8) is 0 Å². The minimum Gasteiger partial charge on any atom is -0.396 e. The van der Waals surface area contributed by atoms with E-state index in [4.69, 9.17) is 5.11 Å². The van der Waals surface area contributed by atoms with Gasteiger partial charge in [-0.15, -0.1) is 0 Å². The Hall–Kier alpha value is -0.170. The molecule has 0 aromatic carbocycles. The molecule has 0 aromatic rings. The molecule has 1 atom stereocenters. The molecule has 2 N–H and O–H groups in total. The SMILES string of the molecule is CN(C1CCCCC1)S(=O)(=O)NC(CCO)C1CC1. The maximum atomic E-state index is 12.4. The summed E-state index contributed by atoms with van der Waals surface area (Å²) in [5, 5.41) is 9.05. The Kier molecular flexibility index (Phi) is 5.22. The molecule has 0 aromatic heterocycles. The fourth-order valence-corrected chi connectivity index (χ4v) is 4.41. The lowest BCUT2D eigenvalue weighted by molar-refractivity contribution is 0.257. The lowest BCUT2D eigenvalue weighted by Gasteiger charge is -2.31. The van der Waals surface area contributed by atoms with Crippen molar-refractivity contribution in [3.8, 4) is 0 Å². The van der Waals surface area contributed by atoms with Crippen LogP contribution in [0.4, 0.5) is 0 Å². The van der Waals surface area contributed by atoms with E-state index in [1.807, 2.05) is 0 Å². The number of aliphatic hydroxyl groups excluding tert-OH is 1. The van der Waals surface area contributed by atoms with Crippen molar-refractivity contribution in [1.29, 1.82) is 0 Å². The van der Waals surface area contributed by atoms with Crippen LogP contribution >= 0.6 is 0 Å². The summed E-state index contributed by atoms with van der Waals surface area (Å²) in [5.41, 5.74) is 0. The van der Waals surface area contributed by atoms with Gasteiger partial charge in [0.15, 0.2) is 0 Å². The molecule has 2 rings (SSSR count). The van der Waals surface area contributed by atoms with Gasteiger partial charge in [-0.05, 0) is 38.0 Å². The molecule has 2 fully saturated rings. The quantitative estimate of drug-likeness (QED) is 0.741. The Labute approximate surface area is 116 Å². The van der Waals surface area contributed by atoms with Crippen molar-refractivity contribution in [2.24, 2.45) is 5.92 Å². The van der Waals surface area contributed by atoms with E-state index in [1.54, 1.807) is 7.05 Å². The number of nitrogens with one attached hydrogen (secondary N) is 1. The first-order valence-electron chi connectivity index (χ1n) is 7.40. The van der Waals surface area contributed by atoms with Gasteiger partial charge in [-0.1, -0.05) is 19.3 Å². The van der Waals surface area contributed by atoms with Crippen LogP contribution in [0.1, 0.15) is 51.4 Å². The molecule has 112 valence electrons. The highest BCUT2D eigenvalue weighted by Crippen LogP contribution is 2.34. The van der Waals surface area contributed by atoms with Crippen molar-refractivity contribution >= 4 is 10.2 Å². The molecule has 0 bridgehead atoms. The molecule has 2 saturated carbocycles. The van der Waals surface area contributed by atoms with Gasteiger partial charge in [-0.3, -0.25) is 0 Å². The molecule has 0 heterocycles. The Morgan fingerprint density at radius 2 is 1.84 bits per heavy atom. The van der Waals surface area contributed by atoms with Crippen LogP contribution in [-0.4, -0.2) is 43.6 Å². The van der Waals surface area contributed by atoms with E-state index in [1.165, 1.54) is 10.7 Å². The highest BCUT2D eigenvalue weighted by molar-refractivity contribution is 7.87. The molecule has 0 amide bonds. The first-order chi connectivity index (χ1) is 9.04. The zero-order valence-electron chi connectivity index (χ0n) is 11.7. The molecule has 0 radical (unpaired) electrons. The van der Waals surface area contributed by atoms with Crippen LogP contribution in [0.25, 0.3) is 0 Å². The van der Waals surface area contributed by atoms with Gasteiger partial charge in [0.25, 0.3) is 10.2 Å². The molecule has 19 heavy (non-hydrogen) atoms. The third kappa shape index (κ3) is 4.15. The molecular formula is C13H26N2O3S. The minimum absolute atomic E-state index is 0.0385. The predicted molar refractivity (Wildman–Crippen MR) is 74.9 cm³/mol. The first kappa shape index (κ1) is 15.2. The van der Waals surface area contributed by atoms with Crippen LogP contribution in [0.5, 0.6) is 0 Å². The Bertz CT molecular complexity index is 375. The Balaban J connectivity index is 1.95. The fraction of sp³-hybridized carbons (Fsp3) is 1.00. The summed E-state index contributed by atoms with van der Waals surface area (Å²) < 4.78 is 29.1. The zero-order chi connectivity index (χ0) is 13.9. The average molecular weight is 290 g/mol. The lowest BCUT2D eigenvalue weighted by Crippen LogP contribution is -2.49. The van der Waals surface area contributed by atoms with E-state index in [0.717, 1.165) is 38.5 Å². The van der Waals surface area contributed by atoms with E-state index in [9.17, 15) is 8.42 Å². The van der Waals surface area contributed by atoms with Gasteiger partial charge < -0.3 is 5.11 Å². The van der Waals surface area contributed by atoms with Crippen molar-refractivity contribution < 1.29 is 13.5 Å². The summed E-state index contributed by atoms with van der Waals surface area (Å²) in [6.45, 7) is 0.0385. The number of hydrogen-bond donors (Lipinski definition) is 2. The molecule has 1 unspecified atom stereocenters. The van der Waals surface area contributed by atoms with Crippen molar-refractivity contribution in [2.75, 3.05) is 13.7 Å². The summed E-state index contributed by atoms with van der Waals surface area (Å²) in [7, 11) is -1.73. The smallest absolute Gasteiger partial charge is 0.279 e. The van der Waals surface area contributed by atoms with Gasteiger partial charge in [-0.2, -0.15) is 17.4 Å². The van der Waals surface area contributed by atoms with Gasteiger partial charge in [0.1, 0.15) is 0 Å². The van der Waals surface area contributed by atoms with Gasteiger partial charge >= 0.3 is 0 Å². The third-order valence-corrected chi connectivity index (χ3v) is 6.06. The molecule has 2 aliphatic rings. The number of rotatable bonds is 7. The number of aliphatic hydroxyl groups is 1. The molecule has 0 spiro atoms. The fourth-order valence-electron chi connectivity index (χ4n) is 2.94. The van der Waals surface area contributed by atoms with Crippen LogP contribution in [0.15, 0.2) is 0 Å². The summed E-state index contributed by atoms with van der Waals surface area (Å²) in [6.07, 6.45) is 8.04. The standard InChI is InChI=1S/C13H26N2O3S/c1-15(12-5-3-2-4-6-12)19(17,18)14-13(9-10-16)11-7-8-11/h11-14,16H,2-10H2,1H3. The number of nitrogens with zero attached hydrogens (tertiary/aromatic N) is 1. The van der Waals surface area contributed by atoms with E-state index in [2.05, 4.69) is 4.72 Å². The second kappa shape index (κ2) is 6.52. The maximum Gasteiger partial charge on any atom is 0.279 e. The van der Waals surface area contributed by atoms with E-state index >= 15 is 0 Å². The van der Waals surface area contributed by atoms with Crippen molar-refractivity contribution in [1.82, 2.24) is 9.03 Å². The third-order valence-electron chi connectivity index (χ3n) is 4.40. The normalized spacial score (nSPS) is 23.7. The summed E-state index contributed by atoms with van der Waals surface area (Å²) in [6, 6.07) is 0.0428. The minimum atomic E-state index is -3.41. The molecule has 0 aliphatic heterocycles. The van der Waals surface area contributed by atoms with E-state index in [-0.39, 0.29) is 18.7 Å². The van der Waals surface area contributed by atoms with Crippen LogP contribution in [0, 0.1) is 5.92 Å². The predicted octanol–water partition coefficient (Wildman–Crippen LogP) is 1.25. The molecule has 5 nitrogen and oxygen atoms in total. The van der Waals surface area contributed by atoms with Crippen molar-refractivity contribution in [2.45, 2.75) is 63.5 Å². The van der Waals surface area contributed by atoms with Crippen LogP contribution in [0.3, 0.4) is 0 Å². The maximum absolute atomic E-state index is 12.4. The van der Waals surface area contributed by atoms with Gasteiger partial charge in [0, 0.05) is 25.7 Å². The lowest BCUT2D eigenvalue weighted by atomic mass is 9.96. The zero-order valence-corrected chi connectivity index (χ0v) is 12.5. The molecular weight excluding hydrogens is 264 g/mol. The first-order valence-corrected chi connectivity index (χ1v) is 8.84. The second-order valence-corrected chi connectivity index (χ2v) is 7.65. The largest absolute Gasteiger partial charge is 0.396 e.